The molecule has 0 radical (unpaired) electrons. The maximum absolute atomic E-state index is 13.2. The number of carbonyl (C=O) groups excluding carboxylic acids is 3. The number of aromatic carboxylic acids is 1. The summed E-state index contributed by atoms with van der Waals surface area (Å²) in [5.41, 5.74) is 2.13. The average Bonchev–Trinajstić information content (AvgIpc) is 3.32. The molecule has 0 spiro atoms. The molecule has 1 aliphatic heterocycles. The second kappa shape index (κ2) is 12.1. The van der Waals surface area contributed by atoms with Crippen molar-refractivity contribution >= 4 is 68.3 Å². The fourth-order valence-electron chi connectivity index (χ4n) is 4.90. The van der Waals surface area contributed by atoms with Crippen molar-refractivity contribution in [2.45, 2.75) is 37.0 Å². The lowest BCUT2D eigenvalue weighted by Crippen LogP contribution is -2.33. The van der Waals surface area contributed by atoms with Gasteiger partial charge < -0.3 is 20.6 Å². The highest BCUT2D eigenvalue weighted by Crippen LogP contribution is 2.37. The summed E-state index contributed by atoms with van der Waals surface area (Å²) in [6, 6.07) is 19.2. The van der Waals surface area contributed by atoms with Gasteiger partial charge in [0.25, 0.3) is 5.91 Å². The van der Waals surface area contributed by atoms with Gasteiger partial charge in [0.15, 0.2) is 0 Å². The highest BCUT2D eigenvalue weighted by atomic mass is 32.2. The Kier molecular flexibility index (Phi) is 8.29. The van der Waals surface area contributed by atoms with Crippen LogP contribution in [0.15, 0.2) is 65.6 Å². The van der Waals surface area contributed by atoms with Crippen LogP contribution in [0, 0.1) is 11.3 Å². The lowest BCUT2D eigenvalue weighted by atomic mass is 9.98. The van der Waals surface area contributed by atoms with Crippen LogP contribution in [0.4, 0.5) is 10.7 Å². The molecule has 3 aromatic carbocycles. The number of carboxylic acids is 1. The second-order valence-electron chi connectivity index (χ2n) is 9.76. The van der Waals surface area contributed by atoms with Crippen molar-refractivity contribution in [2.75, 3.05) is 17.2 Å². The van der Waals surface area contributed by atoms with Gasteiger partial charge in [-0.2, -0.15) is 5.26 Å². The molecule has 212 valence electrons. The van der Waals surface area contributed by atoms with Crippen molar-refractivity contribution < 1.29 is 24.3 Å². The van der Waals surface area contributed by atoms with Gasteiger partial charge in [-0.3, -0.25) is 14.4 Å². The first-order chi connectivity index (χ1) is 20.2. The van der Waals surface area contributed by atoms with Crippen LogP contribution >= 0.6 is 23.1 Å². The van der Waals surface area contributed by atoms with E-state index in [1.54, 1.807) is 60.4 Å². The van der Waals surface area contributed by atoms with Gasteiger partial charge in [-0.25, -0.2) is 4.79 Å². The summed E-state index contributed by atoms with van der Waals surface area (Å²) in [6.07, 6.45) is 0.573. The van der Waals surface area contributed by atoms with Gasteiger partial charge in [-0.05, 0) is 54.6 Å². The summed E-state index contributed by atoms with van der Waals surface area (Å²) < 4.78 is 0. The molecule has 42 heavy (non-hydrogen) atoms. The smallest absolute Gasteiger partial charge is 0.336 e. The predicted molar refractivity (Wildman–Crippen MR) is 163 cm³/mol. The number of rotatable bonds is 7. The summed E-state index contributed by atoms with van der Waals surface area (Å²) in [6.45, 7) is 4.25. The summed E-state index contributed by atoms with van der Waals surface area (Å²) in [5, 5.41) is 26.1. The second-order valence-corrected chi connectivity index (χ2v) is 12.3. The number of carbonyl (C=O) groups is 4. The van der Waals surface area contributed by atoms with E-state index in [9.17, 15) is 29.5 Å². The number of amides is 3. The number of nitrogens with zero attached hydrogens (tertiary/aromatic N) is 2. The molecule has 0 saturated heterocycles. The van der Waals surface area contributed by atoms with Crippen molar-refractivity contribution in [1.82, 2.24) is 4.90 Å². The number of nitrogens with one attached hydrogen (secondary N) is 2. The van der Waals surface area contributed by atoms with Crippen LogP contribution in [-0.2, 0) is 22.6 Å². The van der Waals surface area contributed by atoms with E-state index in [-0.39, 0.29) is 22.9 Å². The van der Waals surface area contributed by atoms with Gasteiger partial charge in [0.2, 0.25) is 11.8 Å². The molecule has 1 aromatic heterocycles. The fraction of sp³-hybridized carbons (Fsp3) is 0.194. The Morgan fingerprint density at radius 1 is 1.05 bits per heavy atom. The third-order valence-corrected chi connectivity index (χ3v) is 9.23. The number of thiophene rings is 1. The third kappa shape index (κ3) is 5.86. The Hall–Kier alpha value is -4.66. The Labute approximate surface area is 250 Å². The molecule has 2 heterocycles. The highest BCUT2D eigenvalue weighted by molar-refractivity contribution is 8.00. The van der Waals surface area contributed by atoms with E-state index in [0.717, 1.165) is 15.3 Å². The van der Waals surface area contributed by atoms with Crippen LogP contribution < -0.4 is 10.6 Å². The van der Waals surface area contributed by atoms with Crippen molar-refractivity contribution in [2.24, 2.45) is 0 Å². The molecule has 5 rings (SSSR count). The molecule has 1 aliphatic rings. The molecule has 0 bridgehead atoms. The number of benzene rings is 3. The van der Waals surface area contributed by atoms with Crippen molar-refractivity contribution in [1.29, 1.82) is 5.26 Å². The van der Waals surface area contributed by atoms with Crippen molar-refractivity contribution in [3.63, 3.8) is 0 Å². The van der Waals surface area contributed by atoms with Gasteiger partial charge in [0.1, 0.15) is 11.1 Å². The number of fused-ring (bicyclic) bond motifs is 2. The van der Waals surface area contributed by atoms with Crippen molar-refractivity contribution in [3.8, 4) is 6.07 Å². The minimum absolute atomic E-state index is 0.0243. The molecule has 3 N–H and O–H groups in total. The minimum atomic E-state index is -1.12. The molecule has 3 amide bonds. The average molecular weight is 599 g/mol. The van der Waals surface area contributed by atoms with Gasteiger partial charge in [-0.1, -0.05) is 30.3 Å². The minimum Gasteiger partial charge on any atom is -0.478 e. The summed E-state index contributed by atoms with van der Waals surface area (Å²) in [5.74, 6) is -1.86. The standard InChI is InChI=1S/C31H26N4O5S2/c1-17(28(37)34-30-25(15-32)22-12-13-35(18(2)36)16-26(22)42-30)41-21-9-5-8-20(14-21)33-29(38)23-10-3-6-19-7-4-11-24(27(19)23)31(39)40/h3-11,14,17H,12-13,16H2,1-2H3,(H,33,38)(H,34,37)(H,39,40). The van der Waals surface area contributed by atoms with E-state index in [0.29, 0.717) is 46.5 Å². The molecule has 1 atom stereocenters. The molecule has 11 heteroatoms. The Balaban J connectivity index is 1.29. The highest BCUT2D eigenvalue weighted by Gasteiger charge is 2.27. The van der Waals surface area contributed by atoms with Gasteiger partial charge in [-0.15, -0.1) is 23.1 Å². The van der Waals surface area contributed by atoms with Crippen molar-refractivity contribution in [3.05, 3.63) is 87.8 Å². The number of hydrogen-bond acceptors (Lipinski definition) is 7. The maximum atomic E-state index is 13.2. The number of thioether (sulfide) groups is 1. The molecular weight excluding hydrogens is 572 g/mol. The van der Waals surface area contributed by atoms with E-state index in [4.69, 9.17) is 0 Å². The van der Waals surface area contributed by atoms with Gasteiger partial charge in [0, 0.05) is 39.9 Å². The largest absolute Gasteiger partial charge is 0.478 e. The quantitative estimate of drug-likeness (QED) is 0.230. The summed E-state index contributed by atoms with van der Waals surface area (Å²) >= 11 is 2.63. The summed E-state index contributed by atoms with van der Waals surface area (Å²) in [7, 11) is 0. The van der Waals surface area contributed by atoms with Crippen LogP contribution in [0.5, 0.6) is 0 Å². The zero-order chi connectivity index (χ0) is 30.0. The number of anilines is 2. The lowest BCUT2D eigenvalue weighted by Gasteiger charge is -2.25. The first-order valence-corrected chi connectivity index (χ1v) is 14.8. The van der Waals surface area contributed by atoms with Crippen LogP contribution in [0.2, 0.25) is 0 Å². The first-order valence-electron chi connectivity index (χ1n) is 13.1. The number of hydrogen-bond donors (Lipinski definition) is 3. The summed E-state index contributed by atoms with van der Waals surface area (Å²) in [4.78, 5) is 53.3. The van der Waals surface area contributed by atoms with Crippen LogP contribution in [0.1, 0.15) is 50.6 Å². The maximum Gasteiger partial charge on any atom is 0.336 e. The van der Waals surface area contributed by atoms with E-state index in [1.165, 1.54) is 36.1 Å². The zero-order valence-corrected chi connectivity index (χ0v) is 24.4. The topological polar surface area (TPSA) is 140 Å². The Morgan fingerprint density at radius 3 is 2.45 bits per heavy atom. The lowest BCUT2D eigenvalue weighted by molar-refractivity contribution is -0.129. The third-order valence-electron chi connectivity index (χ3n) is 7.00. The van der Waals surface area contributed by atoms with Crippen LogP contribution in [0.3, 0.4) is 0 Å². The van der Waals surface area contributed by atoms with Gasteiger partial charge in [0.05, 0.1) is 22.9 Å². The monoisotopic (exact) mass is 598 g/mol. The first kappa shape index (κ1) is 28.9. The van der Waals surface area contributed by atoms with Gasteiger partial charge >= 0.3 is 5.97 Å². The fourth-order valence-corrected chi connectivity index (χ4v) is 7.05. The van der Waals surface area contributed by atoms with E-state index >= 15 is 0 Å². The molecular formula is C31H26N4O5S2. The Bertz CT molecular complexity index is 1790. The molecule has 9 nitrogen and oxygen atoms in total. The number of nitriles is 1. The molecule has 4 aromatic rings. The molecule has 0 saturated carbocycles. The number of carboxylic acid groups (broad SMARTS) is 1. The van der Waals surface area contributed by atoms with Crippen LogP contribution in [-0.4, -0.2) is 45.5 Å². The molecule has 0 fully saturated rings. The van der Waals surface area contributed by atoms with Crippen LogP contribution in [0.25, 0.3) is 10.8 Å². The zero-order valence-electron chi connectivity index (χ0n) is 22.8. The van der Waals surface area contributed by atoms with E-state index in [2.05, 4.69) is 16.7 Å². The predicted octanol–water partition coefficient (Wildman–Crippen LogP) is 5.75. The normalized spacial score (nSPS) is 13.1. The van der Waals surface area contributed by atoms with E-state index in [1.807, 2.05) is 6.07 Å². The molecule has 0 aliphatic carbocycles. The SMILES string of the molecule is CC(=O)N1CCc2c(sc(NC(=O)C(C)Sc3cccc(NC(=O)c4cccc5cccc(C(=O)O)c45)c3)c2C#N)C1. The van der Waals surface area contributed by atoms with E-state index < -0.39 is 17.1 Å². The Morgan fingerprint density at radius 2 is 1.76 bits per heavy atom. The molecule has 1 unspecified atom stereocenters.